The Bertz CT molecular complexity index is 1810. The molecular formula is C39H38Br2Cl2Zr. The maximum absolute atomic E-state index is 8.67. The van der Waals surface area contributed by atoms with Gasteiger partial charge in [-0.25, -0.2) is 0 Å². The van der Waals surface area contributed by atoms with Crippen LogP contribution in [0.15, 0.2) is 118 Å². The molecule has 4 aromatic carbocycles. The van der Waals surface area contributed by atoms with Gasteiger partial charge in [-0.3, -0.25) is 0 Å². The molecule has 0 saturated heterocycles. The fraction of sp³-hybridized carbons (Fsp3) is 0.256. The quantitative estimate of drug-likeness (QED) is 0.192. The van der Waals surface area contributed by atoms with Crippen LogP contribution in [0.5, 0.6) is 0 Å². The van der Waals surface area contributed by atoms with E-state index in [9.17, 15) is 0 Å². The monoisotopic (exact) mass is 824 g/mol. The first-order chi connectivity index (χ1) is 20.6. The van der Waals surface area contributed by atoms with E-state index in [1.165, 1.54) is 33.4 Å². The molecule has 0 fully saturated rings. The van der Waals surface area contributed by atoms with Crippen LogP contribution in [0, 0.1) is 0 Å². The van der Waals surface area contributed by atoms with Gasteiger partial charge in [0.2, 0.25) is 0 Å². The Labute approximate surface area is 287 Å². The summed E-state index contributed by atoms with van der Waals surface area (Å²) in [5.41, 5.74) is 9.78. The van der Waals surface area contributed by atoms with Crippen molar-refractivity contribution in [3.8, 4) is 11.1 Å². The Morgan fingerprint density at radius 1 is 0.614 bits per heavy atom. The number of rotatable bonds is 4. The Hall–Kier alpha value is -1.35. The number of halogens is 4. The Balaban J connectivity index is 1.82. The molecule has 2 aliphatic carbocycles. The van der Waals surface area contributed by atoms with Gasteiger partial charge in [-0.2, -0.15) is 0 Å². The molecule has 226 valence electrons. The predicted octanol–water partition coefficient (Wildman–Crippen LogP) is 13.1. The summed E-state index contributed by atoms with van der Waals surface area (Å²) in [6, 6.07) is 31.1. The van der Waals surface area contributed by atoms with E-state index in [1.807, 2.05) is 0 Å². The zero-order valence-corrected chi connectivity index (χ0v) is 33.2. The van der Waals surface area contributed by atoms with Crippen LogP contribution in [0.25, 0.3) is 11.1 Å². The molecule has 6 rings (SSSR count). The van der Waals surface area contributed by atoms with Crippen LogP contribution in [0.3, 0.4) is 0 Å². The summed E-state index contributed by atoms with van der Waals surface area (Å²) in [5, 5.41) is 0. The van der Waals surface area contributed by atoms with Crippen LogP contribution in [0.1, 0.15) is 78.5 Å². The van der Waals surface area contributed by atoms with E-state index in [-0.39, 0.29) is 18.1 Å². The molecule has 0 radical (unpaired) electrons. The van der Waals surface area contributed by atoms with Gasteiger partial charge in [0.25, 0.3) is 0 Å². The van der Waals surface area contributed by atoms with Crippen molar-refractivity contribution in [2.75, 3.05) is 0 Å². The first kappa shape index (κ1) is 32.6. The van der Waals surface area contributed by atoms with E-state index < -0.39 is 15.9 Å². The zero-order valence-electron chi connectivity index (χ0n) is 26.1. The van der Waals surface area contributed by atoms with Gasteiger partial charge in [-0.05, 0) is 0 Å². The molecule has 2 aliphatic rings. The van der Waals surface area contributed by atoms with E-state index >= 15 is 0 Å². The average molecular weight is 829 g/mol. The third kappa shape index (κ3) is 5.52. The van der Waals surface area contributed by atoms with Crippen molar-refractivity contribution in [1.29, 1.82) is 0 Å². The van der Waals surface area contributed by atoms with Crippen LogP contribution >= 0.6 is 48.9 Å². The van der Waals surface area contributed by atoms with Crippen LogP contribution in [0.4, 0.5) is 0 Å². The second-order valence-corrected chi connectivity index (χ2v) is 36.9. The van der Waals surface area contributed by atoms with Gasteiger partial charge in [0.15, 0.2) is 0 Å². The van der Waals surface area contributed by atoms with Gasteiger partial charge >= 0.3 is 290 Å². The Kier molecular flexibility index (Phi) is 8.46. The topological polar surface area (TPSA) is 0 Å². The second-order valence-electron chi connectivity index (χ2n) is 14.4. The third-order valence-corrected chi connectivity index (χ3v) is 30.0. The summed E-state index contributed by atoms with van der Waals surface area (Å²) in [6.07, 6.45) is 8.71. The van der Waals surface area contributed by atoms with E-state index in [2.05, 4.69) is 183 Å². The molecule has 0 bridgehead atoms. The van der Waals surface area contributed by atoms with Crippen molar-refractivity contribution in [2.45, 2.75) is 59.6 Å². The molecule has 5 heteroatoms. The molecule has 0 atom stereocenters. The van der Waals surface area contributed by atoms with E-state index in [1.54, 1.807) is 0 Å². The molecule has 0 aromatic heterocycles. The predicted molar refractivity (Wildman–Crippen MR) is 196 cm³/mol. The van der Waals surface area contributed by atoms with Crippen LogP contribution in [0.2, 0.25) is 3.63 Å². The molecule has 0 nitrogen and oxygen atoms in total. The molecular weight excluding hydrogens is 790 g/mol. The van der Waals surface area contributed by atoms with Crippen LogP contribution < -0.4 is 0 Å². The summed E-state index contributed by atoms with van der Waals surface area (Å²) < 4.78 is 2.84. The third-order valence-electron chi connectivity index (χ3n) is 9.34. The Morgan fingerprint density at radius 3 is 1.43 bits per heavy atom. The molecule has 0 unspecified atom stereocenters. The average Bonchev–Trinajstić information content (AvgIpc) is 3.60. The molecule has 0 N–H and O–H groups in total. The van der Waals surface area contributed by atoms with Crippen molar-refractivity contribution in [2.24, 2.45) is 0 Å². The van der Waals surface area contributed by atoms with Gasteiger partial charge in [0.05, 0.1) is 0 Å². The molecule has 0 aliphatic heterocycles. The van der Waals surface area contributed by atoms with Crippen molar-refractivity contribution < 1.29 is 15.9 Å². The standard InChI is InChI=1S/C21H25.C13H8Br2.C5H5.2ClH.Zr/c1-20(2,3)16-9-7-14-11-15-8-10-17(21(4,5)6)13-19(15)18(14)12-16;14-12-5-1-3-10(8-12)7-11-4-2-6-13(15)9-11;1-2-4-5-3-1;;;/h7-13H,1-6H3;1-6,8-9H;1-5H;2*1H;/q;;;;;+2/p-2. The number of hydrogen-bond acceptors (Lipinski definition) is 0. The van der Waals surface area contributed by atoms with Gasteiger partial charge in [0.1, 0.15) is 0 Å². The first-order valence-corrected chi connectivity index (χ1v) is 27.2. The fourth-order valence-corrected chi connectivity index (χ4v) is 27.2. The van der Waals surface area contributed by atoms with Crippen LogP contribution in [-0.4, -0.2) is 3.21 Å². The summed E-state index contributed by atoms with van der Waals surface area (Å²) >= 11 is 2.14. The van der Waals surface area contributed by atoms with Gasteiger partial charge in [0, 0.05) is 0 Å². The normalized spacial score (nSPS) is 15.5. The first-order valence-electron chi connectivity index (χ1n) is 15.2. The molecule has 0 heterocycles. The summed E-state index contributed by atoms with van der Waals surface area (Å²) in [6.45, 7) is 13.7. The van der Waals surface area contributed by atoms with Crippen molar-refractivity contribution >= 4 is 52.1 Å². The molecule has 4 aromatic rings. The summed E-state index contributed by atoms with van der Waals surface area (Å²) in [4.78, 5) is 0. The molecule has 44 heavy (non-hydrogen) atoms. The maximum atomic E-state index is 8.67. The second kappa shape index (κ2) is 11.4. The van der Waals surface area contributed by atoms with Crippen LogP contribution in [-0.2, 0) is 26.7 Å². The van der Waals surface area contributed by atoms with Gasteiger partial charge in [-0.1, -0.05) is 0 Å². The van der Waals surface area contributed by atoms with Gasteiger partial charge < -0.3 is 0 Å². The minimum atomic E-state index is -5.38. The van der Waals surface area contributed by atoms with Crippen molar-refractivity contribution in [1.82, 2.24) is 0 Å². The number of hydrogen-bond donors (Lipinski definition) is 0. The summed E-state index contributed by atoms with van der Waals surface area (Å²) in [5.74, 6) is 0. The van der Waals surface area contributed by atoms with Crippen molar-refractivity contribution in [3.63, 3.8) is 0 Å². The minimum absolute atomic E-state index is 0.00964. The van der Waals surface area contributed by atoms with E-state index in [0.29, 0.717) is 0 Å². The number of benzene rings is 4. The Morgan fingerprint density at radius 2 is 1.05 bits per heavy atom. The van der Waals surface area contributed by atoms with E-state index in [4.69, 9.17) is 17.0 Å². The zero-order chi connectivity index (χ0) is 31.7. The molecule has 0 saturated carbocycles. The number of allylic oxidation sites excluding steroid dienone is 4. The molecule has 0 amide bonds. The van der Waals surface area contributed by atoms with Crippen molar-refractivity contribution in [3.05, 3.63) is 152 Å². The summed E-state index contributed by atoms with van der Waals surface area (Å²) in [7, 11) is 17.3. The fourth-order valence-electron chi connectivity index (χ4n) is 7.05. The van der Waals surface area contributed by atoms with E-state index in [0.717, 1.165) is 23.3 Å². The SMILES string of the molecule is CC(C)(C)c1ccc2c(c1)-c1cc(C(C)(C)C)ccc1[CH]2[Zr]([Cl])([Cl])(=[C](c1cccc(Br)c1)c1cccc(Br)c1)[CH]1C=CC=C1. The van der Waals surface area contributed by atoms with Gasteiger partial charge in [-0.15, -0.1) is 0 Å². The number of fused-ring (bicyclic) bond motifs is 3. The molecule has 0 spiro atoms.